The molecule has 0 radical (unpaired) electrons. The number of carbonyl (C=O) groups excluding carboxylic acids is 2. The minimum absolute atomic E-state index is 0.0168. The number of carbonyl (C=O) groups is 2. The molecule has 1 aromatic carbocycles. The van der Waals surface area contributed by atoms with Crippen molar-refractivity contribution in [3.8, 4) is 0 Å². The molecule has 25 heavy (non-hydrogen) atoms. The molecule has 0 aromatic heterocycles. The van der Waals surface area contributed by atoms with E-state index in [0.29, 0.717) is 13.0 Å². The molecule has 0 bridgehead atoms. The predicted molar refractivity (Wildman–Crippen MR) is 89.4 cm³/mol. The number of benzene rings is 1. The number of aliphatic hydroxyl groups excluding tert-OH is 1. The highest BCUT2D eigenvalue weighted by molar-refractivity contribution is 6.03. The van der Waals surface area contributed by atoms with Gasteiger partial charge in [0.1, 0.15) is 6.61 Å². The van der Waals surface area contributed by atoms with Gasteiger partial charge in [0.25, 0.3) is 11.6 Å². The van der Waals surface area contributed by atoms with Crippen LogP contribution in [0.3, 0.4) is 0 Å². The van der Waals surface area contributed by atoms with E-state index < -0.39 is 16.9 Å². The fourth-order valence-corrected chi connectivity index (χ4v) is 2.66. The Morgan fingerprint density at radius 2 is 2.28 bits per heavy atom. The maximum Gasteiger partial charge on any atom is 0.411 e. The number of nitro groups is 1. The van der Waals surface area contributed by atoms with Gasteiger partial charge in [-0.05, 0) is 18.9 Å². The van der Waals surface area contributed by atoms with E-state index in [1.54, 1.807) is 0 Å². The van der Waals surface area contributed by atoms with Gasteiger partial charge in [-0.15, -0.1) is 0 Å². The third-order valence-corrected chi connectivity index (χ3v) is 3.86. The Morgan fingerprint density at radius 3 is 2.92 bits per heavy atom. The lowest BCUT2D eigenvalue weighted by molar-refractivity contribution is -0.384. The molecule has 9 nitrogen and oxygen atoms in total. The Morgan fingerprint density at radius 1 is 1.52 bits per heavy atom. The van der Waals surface area contributed by atoms with Crippen LogP contribution < -0.4 is 5.32 Å². The first-order valence-electron chi connectivity index (χ1n) is 7.73. The molecular weight excluding hydrogens is 330 g/mol. The highest BCUT2D eigenvalue weighted by atomic mass is 16.6. The Hall–Kier alpha value is -2.94. The monoisotopic (exact) mass is 349 g/mol. The first kappa shape index (κ1) is 18.4. The second-order valence-electron chi connectivity index (χ2n) is 5.48. The van der Waals surface area contributed by atoms with Gasteiger partial charge in [-0.25, -0.2) is 4.79 Å². The lowest BCUT2D eigenvalue weighted by atomic mass is 10.1. The zero-order valence-corrected chi connectivity index (χ0v) is 13.5. The summed E-state index contributed by atoms with van der Waals surface area (Å²) in [5, 5.41) is 22.7. The van der Waals surface area contributed by atoms with Crippen LogP contribution in [0.1, 0.15) is 23.2 Å². The second kappa shape index (κ2) is 8.25. The van der Waals surface area contributed by atoms with Crippen LogP contribution in [0.15, 0.2) is 30.9 Å². The lowest BCUT2D eigenvalue weighted by Crippen LogP contribution is -2.38. The molecule has 1 fully saturated rings. The summed E-state index contributed by atoms with van der Waals surface area (Å²) in [5.41, 5.74) is -0.186. The summed E-state index contributed by atoms with van der Waals surface area (Å²) in [6, 6.07) is 3.28. The molecule has 0 saturated carbocycles. The second-order valence-corrected chi connectivity index (χ2v) is 5.48. The van der Waals surface area contributed by atoms with Crippen molar-refractivity contribution in [2.45, 2.75) is 18.9 Å². The third-order valence-electron chi connectivity index (χ3n) is 3.86. The van der Waals surface area contributed by atoms with E-state index in [1.165, 1.54) is 23.1 Å². The number of amides is 2. The Labute approximate surface area is 144 Å². The van der Waals surface area contributed by atoms with E-state index in [1.807, 2.05) is 0 Å². The topological polar surface area (TPSA) is 122 Å². The molecule has 1 saturated heterocycles. The van der Waals surface area contributed by atoms with Gasteiger partial charge in [-0.3, -0.25) is 20.2 Å². The zero-order valence-electron chi connectivity index (χ0n) is 13.5. The summed E-state index contributed by atoms with van der Waals surface area (Å²) in [7, 11) is 0. The lowest BCUT2D eigenvalue weighted by Gasteiger charge is -2.24. The number of ether oxygens (including phenoxy) is 1. The average Bonchev–Trinajstić information content (AvgIpc) is 3.08. The van der Waals surface area contributed by atoms with Crippen LogP contribution in [-0.4, -0.2) is 52.7 Å². The van der Waals surface area contributed by atoms with Crippen molar-refractivity contribution in [3.63, 3.8) is 0 Å². The summed E-state index contributed by atoms with van der Waals surface area (Å²) >= 11 is 0. The van der Waals surface area contributed by atoms with Crippen LogP contribution in [0.4, 0.5) is 16.2 Å². The summed E-state index contributed by atoms with van der Waals surface area (Å²) < 4.78 is 4.80. The fourth-order valence-electron chi connectivity index (χ4n) is 2.66. The summed E-state index contributed by atoms with van der Waals surface area (Å²) in [5.74, 6) is -0.412. The third kappa shape index (κ3) is 4.32. The van der Waals surface area contributed by atoms with Crippen LogP contribution in [0, 0.1) is 10.1 Å². The van der Waals surface area contributed by atoms with E-state index in [2.05, 4.69) is 11.9 Å². The molecular formula is C16H19N3O6. The van der Waals surface area contributed by atoms with Crippen molar-refractivity contribution < 1.29 is 24.4 Å². The van der Waals surface area contributed by atoms with E-state index in [4.69, 9.17) is 4.74 Å². The summed E-state index contributed by atoms with van der Waals surface area (Å²) in [6.45, 7) is 3.68. The molecule has 9 heteroatoms. The van der Waals surface area contributed by atoms with E-state index >= 15 is 0 Å². The maximum atomic E-state index is 12.8. The number of hydrogen-bond donors (Lipinski definition) is 2. The summed E-state index contributed by atoms with van der Waals surface area (Å²) in [4.78, 5) is 36.3. The van der Waals surface area contributed by atoms with E-state index in [9.17, 15) is 24.8 Å². The molecule has 1 aromatic rings. The molecule has 1 atom stereocenters. The number of aliphatic hydroxyl groups is 1. The quantitative estimate of drug-likeness (QED) is 0.460. The molecule has 2 amide bonds. The maximum absolute atomic E-state index is 12.8. The van der Waals surface area contributed by atoms with Gasteiger partial charge in [0, 0.05) is 18.7 Å². The van der Waals surface area contributed by atoms with Crippen LogP contribution in [0.25, 0.3) is 0 Å². The molecule has 1 aliphatic heterocycles. The molecule has 1 aliphatic rings. The van der Waals surface area contributed by atoms with Gasteiger partial charge in [0.15, 0.2) is 0 Å². The molecule has 134 valence electrons. The highest BCUT2D eigenvalue weighted by Gasteiger charge is 2.31. The van der Waals surface area contributed by atoms with Crippen molar-refractivity contribution in [1.82, 2.24) is 4.90 Å². The number of likely N-dealkylation sites (tertiary alicyclic amines) is 1. The smallest absolute Gasteiger partial charge is 0.411 e. The number of nitrogens with one attached hydrogen (secondary N) is 1. The van der Waals surface area contributed by atoms with Crippen molar-refractivity contribution >= 4 is 23.4 Å². The highest BCUT2D eigenvalue weighted by Crippen LogP contribution is 2.27. The Balaban J connectivity index is 2.32. The van der Waals surface area contributed by atoms with Gasteiger partial charge in [0.05, 0.1) is 28.8 Å². The van der Waals surface area contributed by atoms with Crippen LogP contribution in [0.5, 0.6) is 0 Å². The molecule has 0 spiro atoms. The number of nitrogens with zero attached hydrogens (tertiary/aromatic N) is 2. The van der Waals surface area contributed by atoms with Crippen molar-refractivity contribution in [1.29, 1.82) is 0 Å². The van der Waals surface area contributed by atoms with Gasteiger partial charge >= 0.3 is 6.09 Å². The largest absolute Gasteiger partial charge is 0.445 e. The van der Waals surface area contributed by atoms with Gasteiger partial charge in [0.2, 0.25) is 0 Å². The zero-order chi connectivity index (χ0) is 18.4. The van der Waals surface area contributed by atoms with Gasteiger partial charge in [-0.2, -0.15) is 0 Å². The Kier molecular flexibility index (Phi) is 6.07. The van der Waals surface area contributed by atoms with Crippen molar-refractivity contribution in [2.75, 3.05) is 25.1 Å². The van der Waals surface area contributed by atoms with Crippen LogP contribution in [-0.2, 0) is 4.74 Å². The number of anilines is 1. The van der Waals surface area contributed by atoms with Gasteiger partial charge in [-0.1, -0.05) is 12.7 Å². The minimum Gasteiger partial charge on any atom is -0.445 e. The molecule has 0 aliphatic carbocycles. The SMILES string of the molecule is C=CCOC(=O)Nc1cc([N+](=O)[O-])ccc1C(=O)N1CCC[C@H]1CO. The van der Waals surface area contributed by atoms with Crippen molar-refractivity contribution in [3.05, 3.63) is 46.5 Å². The minimum atomic E-state index is -0.852. The Bertz CT molecular complexity index is 690. The van der Waals surface area contributed by atoms with Crippen molar-refractivity contribution in [2.24, 2.45) is 0 Å². The van der Waals surface area contributed by atoms with E-state index in [0.717, 1.165) is 12.5 Å². The average molecular weight is 349 g/mol. The molecule has 1 heterocycles. The fraction of sp³-hybridized carbons (Fsp3) is 0.375. The van der Waals surface area contributed by atoms with Gasteiger partial charge < -0.3 is 14.7 Å². The summed E-state index contributed by atoms with van der Waals surface area (Å²) in [6.07, 6.45) is 1.96. The molecule has 0 unspecified atom stereocenters. The number of nitro benzene ring substituents is 1. The standard InChI is InChI=1S/C16H19N3O6/c1-2-8-25-16(22)17-14-9-11(19(23)24)5-6-13(14)15(21)18-7-3-4-12(18)10-20/h2,5-6,9,12,20H,1,3-4,7-8,10H2,(H,17,22)/t12-/m0/s1. The molecule has 2 N–H and O–H groups in total. The number of non-ortho nitro benzene ring substituents is 1. The van der Waals surface area contributed by atoms with Crippen LogP contribution >= 0.6 is 0 Å². The number of hydrogen-bond acceptors (Lipinski definition) is 6. The first-order valence-corrected chi connectivity index (χ1v) is 7.73. The molecule has 2 rings (SSSR count). The predicted octanol–water partition coefficient (Wildman–Crippen LogP) is 1.93. The first-order chi connectivity index (χ1) is 12.0. The van der Waals surface area contributed by atoms with E-state index in [-0.39, 0.29) is 36.2 Å². The normalized spacial score (nSPS) is 16.4. The number of rotatable bonds is 6. The van der Waals surface area contributed by atoms with Crippen LogP contribution in [0.2, 0.25) is 0 Å².